The minimum Gasteiger partial charge on any atom is -0.480 e. The van der Waals surface area contributed by atoms with Gasteiger partial charge in [0.2, 0.25) is 5.91 Å². The fourth-order valence-electron chi connectivity index (χ4n) is 2.32. The minimum absolute atomic E-state index is 0.142. The van der Waals surface area contributed by atoms with Crippen LogP contribution in [0.4, 0.5) is 5.69 Å². The number of carbonyl (C=O) groups is 3. The number of anilines is 1. The summed E-state index contributed by atoms with van der Waals surface area (Å²) in [7, 11) is 0. The van der Waals surface area contributed by atoms with Gasteiger partial charge in [0.15, 0.2) is 0 Å². The van der Waals surface area contributed by atoms with E-state index in [9.17, 15) is 14.4 Å². The monoisotopic (exact) mass is 392 g/mol. The van der Waals surface area contributed by atoms with Crippen molar-refractivity contribution >= 4 is 79.3 Å². The summed E-state index contributed by atoms with van der Waals surface area (Å²) in [6, 6.07) is 7.49. The zero-order valence-corrected chi connectivity index (χ0v) is 15.4. The van der Waals surface area contributed by atoms with Crippen molar-refractivity contribution in [3.8, 4) is 0 Å². The number of carbonyl (C=O) groups excluding carboxylic acids is 2. The molecule has 0 saturated carbocycles. The second-order valence-electron chi connectivity index (χ2n) is 5.24. The fourth-order valence-corrected chi connectivity index (χ4v) is 4.63. The van der Waals surface area contributed by atoms with Gasteiger partial charge in [-0.1, -0.05) is 24.0 Å². The van der Waals surface area contributed by atoms with Gasteiger partial charge in [0.1, 0.15) is 10.9 Å². The Morgan fingerprint density at radius 2 is 2.12 bits per heavy atom. The van der Waals surface area contributed by atoms with E-state index in [1.807, 2.05) is 24.3 Å². The number of nitrogens with zero attached hydrogens (tertiary/aromatic N) is 1. The summed E-state index contributed by atoms with van der Waals surface area (Å²) < 4.78 is 1.26. The van der Waals surface area contributed by atoms with Crippen molar-refractivity contribution in [2.75, 3.05) is 11.9 Å². The molecule has 2 heterocycles. The summed E-state index contributed by atoms with van der Waals surface area (Å²) >= 11 is 7.67. The Balaban J connectivity index is 1.88. The number of benzene rings is 1. The highest BCUT2D eigenvalue weighted by molar-refractivity contribution is 8.26. The second-order valence-corrected chi connectivity index (χ2v) is 8.04. The second kappa shape index (κ2) is 6.95. The zero-order valence-electron chi connectivity index (χ0n) is 12.9. The smallest absolute Gasteiger partial charge is 0.323 e. The molecule has 128 valence electrons. The summed E-state index contributed by atoms with van der Waals surface area (Å²) in [6.07, 6.45) is 1.71. The Morgan fingerprint density at radius 1 is 1.36 bits per heavy atom. The van der Waals surface area contributed by atoms with Crippen LogP contribution in [-0.4, -0.2) is 38.7 Å². The molecule has 6 nitrogen and oxygen atoms in total. The number of rotatable bonds is 4. The van der Waals surface area contributed by atoms with Gasteiger partial charge in [-0.2, -0.15) is 0 Å². The summed E-state index contributed by atoms with van der Waals surface area (Å²) in [4.78, 5) is 36.6. The van der Waals surface area contributed by atoms with Gasteiger partial charge in [-0.15, -0.1) is 11.3 Å². The Kier molecular flexibility index (Phi) is 4.89. The lowest BCUT2D eigenvalue weighted by Gasteiger charge is -2.09. The maximum atomic E-state index is 12.3. The van der Waals surface area contributed by atoms with E-state index in [2.05, 4.69) is 5.32 Å². The number of fused-ring (bicyclic) bond motifs is 1. The van der Waals surface area contributed by atoms with Gasteiger partial charge in [0, 0.05) is 22.2 Å². The molecule has 1 aliphatic heterocycles. The van der Waals surface area contributed by atoms with Crippen LogP contribution in [0.5, 0.6) is 0 Å². The van der Waals surface area contributed by atoms with Gasteiger partial charge in [-0.05, 0) is 35.7 Å². The first kappa shape index (κ1) is 17.6. The molecule has 0 spiro atoms. The van der Waals surface area contributed by atoms with Crippen LogP contribution >= 0.6 is 35.3 Å². The third-order valence-electron chi connectivity index (χ3n) is 3.30. The molecule has 1 saturated heterocycles. The van der Waals surface area contributed by atoms with Crippen molar-refractivity contribution in [2.24, 2.45) is 0 Å². The van der Waals surface area contributed by atoms with Crippen LogP contribution in [-0.2, 0) is 14.4 Å². The van der Waals surface area contributed by atoms with E-state index in [1.165, 1.54) is 18.3 Å². The third kappa shape index (κ3) is 3.89. The summed E-state index contributed by atoms with van der Waals surface area (Å²) in [6.45, 7) is 1.01. The van der Waals surface area contributed by atoms with E-state index < -0.39 is 18.4 Å². The van der Waals surface area contributed by atoms with Crippen molar-refractivity contribution in [2.45, 2.75) is 6.92 Å². The van der Waals surface area contributed by atoms with Crippen molar-refractivity contribution in [1.82, 2.24) is 4.90 Å². The van der Waals surface area contributed by atoms with Crippen LogP contribution in [0.1, 0.15) is 11.8 Å². The molecule has 0 atom stereocenters. The molecular weight excluding hydrogens is 380 g/mol. The molecule has 2 N–H and O–H groups in total. The number of amides is 2. The predicted octanol–water partition coefficient (Wildman–Crippen LogP) is 3.15. The van der Waals surface area contributed by atoms with Gasteiger partial charge in [0.25, 0.3) is 5.91 Å². The first-order valence-electron chi connectivity index (χ1n) is 7.12. The van der Waals surface area contributed by atoms with Crippen LogP contribution in [0.2, 0.25) is 0 Å². The molecule has 2 amide bonds. The molecule has 1 aromatic carbocycles. The molecule has 3 rings (SSSR count). The van der Waals surface area contributed by atoms with E-state index in [1.54, 1.807) is 6.08 Å². The highest BCUT2D eigenvalue weighted by Crippen LogP contribution is 2.35. The molecule has 0 bridgehead atoms. The SMILES string of the molecule is CC(=O)Nc1ccc2sc(C=C3SC(=S)N(CC(=O)O)C3=O)cc2c1. The normalized spacial score (nSPS) is 16.0. The first-order valence-corrected chi connectivity index (χ1v) is 9.16. The van der Waals surface area contributed by atoms with Gasteiger partial charge in [0.05, 0.1) is 4.91 Å². The molecular formula is C16H12N2O4S3. The first-order chi connectivity index (χ1) is 11.8. The number of hydrogen-bond donors (Lipinski definition) is 2. The number of carboxylic acids is 1. The van der Waals surface area contributed by atoms with E-state index >= 15 is 0 Å². The molecule has 1 aliphatic rings. The zero-order chi connectivity index (χ0) is 18.1. The number of thiocarbonyl (C=S) groups is 1. The number of hydrogen-bond acceptors (Lipinski definition) is 6. The van der Waals surface area contributed by atoms with Gasteiger partial charge >= 0.3 is 5.97 Å². The van der Waals surface area contributed by atoms with Crippen LogP contribution < -0.4 is 5.32 Å². The van der Waals surface area contributed by atoms with E-state index in [0.717, 1.165) is 31.6 Å². The molecule has 0 aliphatic carbocycles. The van der Waals surface area contributed by atoms with Crippen molar-refractivity contribution in [1.29, 1.82) is 0 Å². The molecule has 1 fully saturated rings. The van der Waals surface area contributed by atoms with Crippen molar-refractivity contribution in [3.05, 3.63) is 34.0 Å². The average molecular weight is 392 g/mol. The maximum absolute atomic E-state index is 12.3. The Morgan fingerprint density at radius 3 is 2.80 bits per heavy atom. The largest absolute Gasteiger partial charge is 0.480 e. The van der Waals surface area contributed by atoms with Crippen LogP contribution in [0.25, 0.3) is 16.2 Å². The lowest BCUT2D eigenvalue weighted by atomic mass is 10.2. The summed E-state index contributed by atoms with van der Waals surface area (Å²) in [5.41, 5.74) is 0.706. The van der Waals surface area contributed by atoms with Crippen molar-refractivity contribution in [3.63, 3.8) is 0 Å². The Bertz CT molecular complexity index is 948. The van der Waals surface area contributed by atoms with Gasteiger partial charge < -0.3 is 10.4 Å². The number of aliphatic carboxylic acids is 1. The summed E-state index contributed by atoms with van der Waals surface area (Å²) in [5.74, 6) is -1.64. The number of carboxylic acid groups (broad SMARTS) is 1. The molecule has 0 radical (unpaired) electrons. The number of nitrogens with one attached hydrogen (secondary N) is 1. The van der Waals surface area contributed by atoms with Crippen LogP contribution in [0.3, 0.4) is 0 Å². The van der Waals surface area contributed by atoms with Crippen molar-refractivity contribution < 1.29 is 19.5 Å². The predicted molar refractivity (Wildman–Crippen MR) is 104 cm³/mol. The number of thiophene rings is 1. The van der Waals surface area contributed by atoms with Crippen LogP contribution in [0.15, 0.2) is 29.2 Å². The standard InChI is InChI=1S/C16H12N2O4S3/c1-8(19)17-10-2-3-12-9(4-10)5-11(24-12)6-13-15(22)18(7-14(20)21)16(23)25-13/h2-6H,7H2,1H3,(H,17,19)(H,20,21). The quantitative estimate of drug-likeness (QED) is 0.614. The van der Waals surface area contributed by atoms with E-state index in [4.69, 9.17) is 17.3 Å². The van der Waals surface area contributed by atoms with E-state index in [-0.39, 0.29) is 10.2 Å². The Labute approximate surface area is 156 Å². The highest BCUT2D eigenvalue weighted by atomic mass is 32.2. The lowest BCUT2D eigenvalue weighted by molar-refractivity contribution is -0.140. The molecule has 2 aromatic rings. The fraction of sp³-hybridized carbons (Fsp3) is 0.125. The minimum atomic E-state index is -1.11. The maximum Gasteiger partial charge on any atom is 0.323 e. The van der Waals surface area contributed by atoms with Crippen LogP contribution in [0, 0.1) is 0 Å². The van der Waals surface area contributed by atoms with E-state index in [0.29, 0.717) is 10.6 Å². The third-order valence-corrected chi connectivity index (χ3v) is 5.74. The summed E-state index contributed by atoms with van der Waals surface area (Å²) in [5, 5.41) is 12.5. The highest BCUT2D eigenvalue weighted by Gasteiger charge is 2.33. The number of thioether (sulfide) groups is 1. The average Bonchev–Trinajstić information content (AvgIpc) is 3.02. The molecule has 25 heavy (non-hydrogen) atoms. The molecule has 0 unspecified atom stereocenters. The lowest BCUT2D eigenvalue weighted by Crippen LogP contribution is -2.33. The van der Waals surface area contributed by atoms with Gasteiger partial charge in [-0.3, -0.25) is 19.3 Å². The molecule has 9 heteroatoms. The van der Waals surface area contributed by atoms with Gasteiger partial charge in [-0.25, -0.2) is 0 Å². The Hall–Kier alpha value is -2.23. The topological polar surface area (TPSA) is 86.7 Å². The molecule has 1 aromatic heterocycles.